The van der Waals surface area contributed by atoms with E-state index in [1.807, 2.05) is 0 Å². The summed E-state index contributed by atoms with van der Waals surface area (Å²) in [6.45, 7) is 3.25. The number of halogens is 3. The van der Waals surface area contributed by atoms with Crippen LogP contribution in [0.3, 0.4) is 0 Å². The molecule has 0 aliphatic carbocycles. The van der Waals surface area contributed by atoms with E-state index in [9.17, 15) is 31.2 Å². The van der Waals surface area contributed by atoms with Crippen molar-refractivity contribution in [3.8, 4) is 11.3 Å². The van der Waals surface area contributed by atoms with Crippen molar-refractivity contribution in [1.29, 1.82) is 0 Å². The third kappa shape index (κ3) is 5.57. The Balaban J connectivity index is 2.36. The van der Waals surface area contributed by atoms with Crippen LogP contribution in [0.4, 0.5) is 13.2 Å². The number of aryl methyl sites for hydroxylation is 1. The van der Waals surface area contributed by atoms with Gasteiger partial charge in [-0.2, -0.15) is 28.1 Å². The van der Waals surface area contributed by atoms with Crippen LogP contribution in [0, 0.1) is 0 Å². The van der Waals surface area contributed by atoms with Crippen LogP contribution in [0.1, 0.15) is 36.3 Å². The van der Waals surface area contributed by atoms with Gasteiger partial charge in [0.25, 0.3) is 0 Å². The Labute approximate surface area is 177 Å². The van der Waals surface area contributed by atoms with Gasteiger partial charge in [0.15, 0.2) is 14.9 Å². The van der Waals surface area contributed by atoms with Crippen molar-refractivity contribution in [2.75, 3.05) is 13.3 Å². The Kier molecular flexibility index (Phi) is 7.04. The lowest BCUT2D eigenvalue weighted by atomic mass is 10.1. The SMILES string of the molecule is CCC(=NN(C)C(=O)C(=O)n1nc(-c2ccc(C(F)(F)F)cc2)cc1CC)S(C)(=O)=O. The van der Waals surface area contributed by atoms with E-state index < -0.39 is 33.4 Å². The number of hydrogen-bond donors (Lipinski definition) is 0. The maximum atomic E-state index is 12.8. The van der Waals surface area contributed by atoms with Crippen LogP contribution in [0.5, 0.6) is 0 Å². The summed E-state index contributed by atoms with van der Waals surface area (Å²) in [7, 11) is -2.50. The van der Waals surface area contributed by atoms with Gasteiger partial charge in [-0.05, 0) is 31.0 Å². The Bertz CT molecular complexity index is 1120. The summed E-state index contributed by atoms with van der Waals surface area (Å²) in [5, 5.41) is 8.14. The molecule has 1 aromatic carbocycles. The first-order valence-electron chi connectivity index (χ1n) is 9.16. The molecule has 0 fully saturated rings. The van der Waals surface area contributed by atoms with Crippen molar-refractivity contribution < 1.29 is 31.2 Å². The molecule has 0 N–H and O–H groups in total. The summed E-state index contributed by atoms with van der Waals surface area (Å²) in [5.74, 6) is -2.20. The van der Waals surface area contributed by atoms with Gasteiger partial charge in [-0.25, -0.2) is 13.4 Å². The molecule has 0 aliphatic heterocycles. The molecule has 1 heterocycles. The Hall–Kier alpha value is -3.02. The molecule has 0 spiro atoms. The quantitative estimate of drug-likeness (QED) is 0.303. The van der Waals surface area contributed by atoms with Crippen LogP contribution in [0.15, 0.2) is 35.4 Å². The van der Waals surface area contributed by atoms with E-state index in [2.05, 4.69) is 10.2 Å². The van der Waals surface area contributed by atoms with Crippen molar-refractivity contribution in [1.82, 2.24) is 14.8 Å². The summed E-state index contributed by atoms with van der Waals surface area (Å²) < 4.78 is 62.4. The molecule has 1 aromatic heterocycles. The van der Waals surface area contributed by atoms with E-state index in [1.165, 1.54) is 18.2 Å². The molecule has 31 heavy (non-hydrogen) atoms. The lowest BCUT2D eigenvalue weighted by Gasteiger charge is -2.12. The third-order valence-corrected chi connectivity index (χ3v) is 5.54. The van der Waals surface area contributed by atoms with Crippen LogP contribution in [0.25, 0.3) is 11.3 Å². The number of carbonyl (C=O) groups is 2. The average Bonchev–Trinajstić information content (AvgIpc) is 3.13. The molecule has 0 unspecified atom stereocenters. The van der Waals surface area contributed by atoms with Crippen LogP contribution in [-0.4, -0.2) is 53.4 Å². The number of amides is 1. The van der Waals surface area contributed by atoms with Crippen LogP contribution in [0.2, 0.25) is 0 Å². The summed E-state index contributed by atoms with van der Waals surface area (Å²) in [6, 6.07) is 5.72. The molecular weight excluding hydrogens is 437 g/mol. The lowest BCUT2D eigenvalue weighted by molar-refractivity contribution is -0.137. The number of nitrogens with zero attached hydrogens (tertiary/aromatic N) is 4. The fraction of sp³-hybridized carbons (Fsp3) is 0.368. The molecule has 0 saturated carbocycles. The van der Waals surface area contributed by atoms with E-state index in [1.54, 1.807) is 13.8 Å². The first kappa shape index (κ1) is 24.3. The fourth-order valence-corrected chi connectivity index (χ4v) is 3.46. The maximum absolute atomic E-state index is 12.8. The van der Waals surface area contributed by atoms with Gasteiger partial charge in [0.2, 0.25) is 0 Å². The van der Waals surface area contributed by atoms with Crippen molar-refractivity contribution in [3.05, 3.63) is 41.6 Å². The number of sulfone groups is 1. The molecule has 0 saturated heterocycles. The minimum atomic E-state index is -4.48. The number of benzene rings is 1. The Morgan fingerprint density at radius 2 is 1.74 bits per heavy atom. The van der Waals surface area contributed by atoms with Gasteiger partial charge in [-0.15, -0.1) is 0 Å². The zero-order valence-corrected chi connectivity index (χ0v) is 18.1. The summed E-state index contributed by atoms with van der Waals surface area (Å²) in [5.41, 5.74) is 0.0703. The molecule has 0 aliphatic rings. The van der Waals surface area contributed by atoms with E-state index in [0.717, 1.165) is 30.1 Å². The molecule has 1 amide bonds. The van der Waals surface area contributed by atoms with Crippen molar-refractivity contribution in [2.45, 2.75) is 32.9 Å². The topological polar surface area (TPSA) is 102 Å². The van der Waals surface area contributed by atoms with E-state index in [0.29, 0.717) is 22.7 Å². The van der Waals surface area contributed by atoms with Gasteiger partial charge in [0.05, 0.1) is 11.3 Å². The largest absolute Gasteiger partial charge is 0.416 e. The highest BCUT2D eigenvalue weighted by atomic mass is 32.2. The normalized spacial score (nSPS) is 12.7. The number of hydrogen-bond acceptors (Lipinski definition) is 6. The minimum Gasteiger partial charge on any atom is -0.261 e. The third-order valence-electron chi connectivity index (χ3n) is 4.31. The summed E-state index contributed by atoms with van der Waals surface area (Å²) in [6.07, 6.45) is -3.20. The summed E-state index contributed by atoms with van der Waals surface area (Å²) >= 11 is 0. The highest BCUT2D eigenvalue weighted by molar-refractivity contribution is 8.05. The Morgan fingerprint density at radius 3 is 2.19 bits per heavy atom. The van der Waals surface area contributed by atoms with Gasteiger partial charge in [0, 0.05) is 24.6 Å². The average molecular weight is 458 g/mol. The number of aromatic nitrogens is 2. The van der Waals surface area contributed by atoms with Crippen molar-refractivity contribution in [3.63, 3.8) is 0 Å². The zero-order valence-electron chi connectivity index (χ0n) is 17.3. The van der Waals surface area contributed by atoms with Gasteiger partial charge in [-0.3, -0.25) is 9.59 Å². The molecule has 12 heteroatoms. The van der Waals surface area contributed by atoms with Gasteiger partial charge >= 0.3 is 18.0 Å². The Morgan fingerprint density at radius 1 is 1.16 bits per heavy atom. The number of alkyl halides is 3. The van der Waals surface area contributed by atoms with Gasteiger partial charge in [0.1, 0.15) is 0 Å². The zero-order chi connectivity index (χ0) is 23.6. The highest BCUT2D eigenvalue weighted by Gasteiger charge is 2.30. The first-order valence-corrected chi connectivity index (χ1v) is 11.0. The summed E-state index contributed by atoms with van der Waals surface area (Å²) in [4.78, 5) is 25.1. The van der Waals surface area contributed by atoms with E-state index >= 15 is 0 Å². The van der Waals surface area contributed by atoms with E-state index in [4.69, 9.17) is 0 Å². The van der Waals surface area contributed by atoms with Crippen molar-refractivity contribution in [2.24, 2.45) is 5.10 Å². The predicted octanol–water partition coefficient (Wildman–Crippen LogP) is 3.00. The second kappa shape index (κ2) is 9.00. The molecule has 0 atom stereocenters. The van der Waals surface area contributed by atoms with Crippen molar-refractivity contribution >= 4 is 26.7 Å². The number of likely N-dealkylation sites (N-methyl/N-ethyl adjacent to an activating group) is 1. The standard InChI is InChI=1S/C19H21F3N4O4S/c1-5-14-11-15(12-7-9-13(10-8-12)19(20,21)22)23-26(14)18(28)17(27)25(3)24-16(6-2)31(4,29)30/h7-11H,5-6H2,1-4H3. The lowest BCUT2D eigenvalue weighted by Crippen LogP contribution is -2.35. The molecule has 8 nitrogen and oxygen atoms in total. The van der Waals surface area contributed by atoms with Crippen LogP contribution >= 0.6 is 0 Å². The van der Waals surface area contributed by atoms with E-state index in [-0.39, 0.29) is 17.2 Å². The highest BCUT2D eigenvalue weighted by Crippen LogP contribution is 2.31. The fourth-order valence-electron chi connectivity index (χ4n) is 2.67. The smallest absolute Gasteiger partial charge is 0.261 e. The van der Waals surface area contributed by atoms with Crippen LogP contribution < -0.4 is 0 Å². The molecular formula is C19H21F3N4O4S. The predicted molar refractivity (Wildman–Crippen MR) is 108 cm³/mol. The number of carbonyl (C=O) groups excluding carboxylic acids is 2. The maximum Gasteiger partial charge on any atom is 0.416 e. The van der Waals surface area contributed by atoms with Gasteiger partial charge < -0.3 is 0 Å². The number of rotatable bonds is 4. The van der Waals surface area contributed by atoms with Crippen LogP contribution in [-0.2, 0) is 27.2 Å². The molecule has 2 rings (SSSR count). The monoisotopic (exact) mass is 458 g/mol. The molecule has 2 aromatic rings. The number of hydrazone groups is 1. The second-order valence-electron chi connectivity index (χ2n) is 6.61. The minimum absolute atomic E-state index is 0.0324. The second-order valence-corrected chi connectivity index (χ2v) is 8.63. The molecule has 0 radical (unpaired) electrons. The first-order chi connectivity index (χ1) is 14.3. The molecule has 0 bridgehead atoms. The van der Waals surface area contributed by atoms with Gasteiger partial charge in [-0.1, -0.05) is 26.0 Å². The molecule has 168 valence electrons.